The molecular weight excluding hydrogens is 236 g/mol. The zero-order valence-corrected chi connectivity index (χ0v) is 12.1. The minimum atomic E-state index is 0.420. The summed E-state index contributed by atoms with van der Waals surface area (Å²) in [5, 5.41) is 7.89. The van der Waals surface area contributed by atoms with Gasteiger partial charge in [0.2, 0.25) is 0 Å². The second kappa shape index (κ2) is 5.97. The number of nitrogens with one attached hydrogen (secondary N) is 1. The van der Waals surface area contributed by atoms with Crippen molar-refractivity contribution in [3.63, 3.8) is 0 Å². The minimum Gasteiger partial charge on any atom is -0.316 e. The molecule has 2 aromatic heterocycles. The van der Waals surface area contributed by atoms with Crippen LogP contribution in [-0.4, -0.2) is 27.9 Å². The molecule has 0 bridgehead atoms. The van der Waals surface area contributed by atoms with Crippen LogP contribution >= 0.6 is 0 Å². The van der Waals surface area contributed by atoms with Crippen molar-refractivity contribution in [1.29, 1.82) is 0 Å². The number of aromatic nitrogens is 3. The molecule has 0 aliphatic heterocycles. The van der Waals surface area contributed by atoms with Crippen molar-refractivity contribution in [3.8, 4) is 0 Å². The van der Waals surface area contributed by atoms with Crippen LogP contribution in [0.2, 0.25) is 0 Å². The summed E-state index contributed by atoms with van der Waals surface area (Å²) in [5.74, 6) is 0. The molecule has 0 spiro atoms. The van der Waals surface area contributed by atoms with E-state index in [0.29, 0.717) is 6.04 Å². The predicted molar refractivity (Wildman–Crippen MR) is 77.2 cm³/mol. The number of nitrogens with zero attached hydrogens (tertiary/aromatic N) is 3. The molecule has 0 radical (unpaired) electrons. The van der Waals surface area contributed by atoms with Gasteiger partial charge in [-0.15, -0.1) is 0 Å². The summed E-state index contributed by atoms with van der Waals surface area (Å²) in [6.07, 6.45) is 5.71. The molecule has 0 aliphatic carbocycles. The highest BCUT2D eigenvalue weighted by Crippen LogP contribution is 2.16. The number of aryl methyl sites for hydroxylation is 2. The van der Waals surface area contributed by atoms with Crippen LogP contribution in [0.1, 0.15) is 22.5 Å². The van der Waals surface area contributed by atoms with Crippen molar-refractivity contribution in [1.82, 2.24) is 20.1 Å². The van der Waals surface area contributed by atoms with Crippen molar-refractivity contribution in [2.45, 2.75) is 32.7 Å². The zero-order valence-electron chi connectivity index (χ0n) is 12.1. The highest BCUT2D eigenvalue weighted by atomic mass is 15.3. The van der Waals surface area contributed by atoms with E-state index >= 15 is 0 Å². The molecule has 102 valence electrons. The third-order valence-electron chi connectivity index (χ3n) is 3.75. The molecule has 0 fully saturated rings. The van der Waals surface area contributed by atoms with E-state index < -0.39 is 0 Å². The molecule has 2 aromatic rings. The van der Waals surface area contributed by atoms with Gasteiger partial charge in [0, 0.05) is 31.2 Å². The predicted octanol–water partition coefficient (Wildman–Crippen LogP) is 1.81. The highest BCUT2D eigenvalue weighted by Gasteiger charge is 2.15. The molecule has 0 aliphatic rings. The second-order valence-corrected chi connectivity index (χ2v) is 5.02. The van der Waals surface area contributed by atoms with E-state index in [2.05, 4.69) is 41.4 Å². The average molecular weight is 258 g/mol. The Labute approximate surface area is 114 Å². The summed E-state index contributed by atoms with van der Waals surface area (Å²) < 4.78 is 1.96. The molecule has 2 heterocycles. The highest BCUT2D eigenvalue weighted by molar-refractivity contribution is 5.26. The topological polar surface area (TPSA) is 42.7 Å². The zero-order chi connectivity index (χ0) is 13.8. The standard InChI is InChI=1S/C15H22N4/c1-11-15(12(2)19(4)18-11)10-14(16-3)9-13-5-7-17-8-6-13/h5-8,14,16H,9-10H2,1-4H3. The van der Waals surface area contributed by atoms with Gasteiger partial charge < -0.3 is 5.32 Å². The summed E-state index contributed by atoms with van der Waals surface area (Å²) in [5.41, 5.74) is 5.06. The molecule has 0 aromatic carbocycles. The Morgan fingerprint density at radius 3 is 2.42 bits per heavy atom. The van der Waals surface area contributed by atoms with Gasteiger partial charge in [0.15, 0.2) is 0 Å². The maximum absolute atomic E-state index is 4.48. The molecule has 0 saturated carbocycles. The van der Waals surface area contributed by atoms with Gasteiger partial charge in [0.05, 0.1) is 5.69 Å². The van der Waals surface area contributed by atoms with Gasteiger partial charge in [-0.1, -0.05) is 0 Å². The van der Waals surface area contributed by atoms with Crippen LogP contribution in [0.25, 0.3) is 0 Å². The number of hydrogen-bond acceptors (Lipinski definition) is 3. The first kappa shape index (κ1) is 13.7. The third kappa shape index (κ3) is 3.20. The largest absolute Gasteiger partial charge is 0.316 e. The van der Waals surface area contributed by atoms with Gasteiger partial charge >= 0.3 is 0 Å². The first-order valence-electron chi connectivity index (χ1n) is 6.67. The van der Waals surface area contributed by atoms with E-state index in [0.717, 1.165) is 18.5 Å². The van der Waals surface area contributed by atoms with Gasteiger partial charge in [-0.2, -0.15) is 5.10 Å². The van der Waals surface area contributed by atoms with E-state index in [1.165, 1.54) is 16.8 Å². The Hall–Kier alpha value is -1.68. The normalized spacial score (nSPS) is 12.6. The lowest BCUT2D eigenvalue weighted by atomic mass is 9.98. The average Bonchev–Trinajstić information content (AvgIpc) is 2.65. The van der Waals surface area contributed by atoms with Gasteiger partial charge in [-0.3, -0.25) is 9.67 Å². The fourth-order valence-electron chi connectivity index (χ4n) is 2.44. The first-order chi connectivity index (χ1) is 9.11. The van der Waals surface area contributed by atoms with Crippen LogP contribution in [0.4, 0.5) is 0 Å². The molecule has 2 rings (SSSR count). The van der Waals surface area contributed by atoms with Gasteiger partial charge in [0.25, 0.3) is 0 Å². The van der Waals surface area contributed by atoms with E-state index in [4.69, 9.17) is 0 Å². The SMILES string of the molecule is CNC(Cc1ccncc1)Cc1c(C)nn(C)c1C. The fraction of sp³-hybridized carbons (Fsp3) is 0.467. The fourth-order valence-corrected chi connectivity index (χ4v) is 2.44. The van der Waals surface area contributed by atoms with Crippen molar-refractivity contribution < 1.29 is 0 Å². The van der Waals surface area contributed by atoms with Crippen molar-refractivity contribution in [3.05, 3.63) is 47.0 Å². The Balaban J connectivity index is 2.11. The molecule has 0 amide bonds. The van der Waals surface area contributed by atoms with E-state index in [1.807, 2.05) is 31.2 Å². The summed E-state index contributed by atoms with van der Waals surface area (Å²) in [7, 11) is 4.02. The summed E-state index contributed by atoms with van der Waals surface area (Å²) in [6, 6.07) is 4.57. The van der Waals surface area contributed by atoms with E-state index in [-0.39, 0.29) is 0 Å². The molecule has 0 saturated heterocycles. The Morgan fingerprint density at radius 1 is 1.21 bits per heavy atom. The van der Waals surface area contributed by atoms with Crippen LogP contribution in [0, 0.1) is 13.8 Å². The maximum atomic E-state index is 4.48. The minimum absolute atomic E-state index is 0.420. The van der Waals surface area contributed by atoms with E-state index in [1.54, 1.807) is 0 Å². The maximum Gasteiger partial charge on any atom is 0.0628 e. The molecule has 1 unspecified atom stereocenters. The number of likely N-dealkylation sites (N-methyl/N-ethyl adjacent to an activating group) is 1. The van der Waals surface area contributed by atoms with Crippen LogP contribution in [-0.2, 0) is 19.9 Å². The molecule has 19 heavy (non-hydrogen) atoms. The van der Waals surface area contributed by atoms with Crippen molar-refractivity contribution in [2.24, 2.45) is 7.05 Å². The Kier molecular flexibility index (Phi) is 4.32. The van der Waals surface area contributed by atoms with Gasteiger partial charge in [-0.05, 0) is 57.0 Å². The number of hydrogen-bond donors (Lipinski definition) is 1. The summed E-state index contributed by atoms with van der Waals surface area (Å²) in [6.45, 7) is 4.22. The van der Waals surface area contributed by atoms with Crippen LogP contribution < -0.4 is 5.32 Å². The Morgan fingerprint density at radius 2 is 1.89 bits per heavy atom. The van der Waals surface area contributed by atoms with Crippen molar-refractivity contribution >= 4 is 0 Å². The second-order valence-electron chi connectivity index (χ2n) is 5.02. The quantitative estimate of drug-likeness (QED) is 0.889. The van der Waals surface area contributed by atoms with Crippen LogP contribution in [0.15, 0.2) is 24.5 Å². The number of rotatable bonds is 5. The molecule has 4 nitrogen and oxygen atoms in total. The lowest BCUT2D eigenvalue weighted by molar-refractivity contribution is 0.553. The van der Waals surface area contributed by atoms with Crippen molar-refractivity contribution in [2.75, 3.05) is 7.05 Å². The lowest BCUT2D eigenvalue weighted by Crippen LogP contribution is -2.30. The molecule has 1 N–H and O–H groups in total. The molecular formula is C15H22N4. The van der Waals surface area contributed by atoms with Crippen LogP contribution in [0.3, 0.4) is 0 Å². The monoisotopic (exact) mass is 258 g/mol. The molecule has 4 heteroatoms. The number of pyridine rings is 1. The first-order valence-corrected chi connectivity index (χ1v) is 6.67. The molecule has 1 atom stereocenters. The van der Waals surface area contributed by atoms with Gasteiger partial charge in [-0.25, -0.2) is 0 Å². The third-order valence-corrected chi connectivity index (χ3v) is 3.75. The summed E-state index contributed by atoms with van der Waals surface area (Å²) in [4.78, 5) is 4.06. The summed E-state index contributed by atoms with van der Waals surface area (Å²) >= 11 is 0. The van der Waals surface area contributed by atoms with E-state index in [9.17, 15) is 0 Å². The lowest BCUT2D eigenvalue weighted by Gasteiger charge is -2.16. The smallest absolute Gasteiger partial charge is 0.0628 e. The van der Waals surface area contributed by atoms with Crippen LogP contribution in [0.5, 0.6) is 0 Å². The van der Waals surface area contributed by atoms with Gasteiger partial charge in [0.1, 0.15) is 0 Å². The Bertz CT molecular complexity index is 531.